The summed E-state index contributed by atoms with van der Waals surface area (Å²) in [6.07, 6.45) is 0. The lowest BCUT2D eigenvalue weighted by atomic mass is 9.65. The second-order valence-electron chi connectivity index (χ2n) is 10.5. The Morgan fingerprint density at radius 3 is 1.25 bits per heavy atom. The predicted molar refractivity (Wildman–Crippen MR) is 158 cm³/mol. The van der Waals surface area contributed by atoms with Crippen LogP contribution in [0.15, 0.2) is 133 Å². The summed E-state index contributed by atoms with van der Waals surface area (Å²) in [5.74, 6) is 2.16. The van der Waals surface area contributed by atoms with Crippen molar-refractivity contribution < 1.29 is 14.9 Å². The van der Waals surface area contributed by atoms with E-state index in [0.29, 0.717) is 0 Å². The van der Waals surface area contributed by atoms with E-state index in [1.54, 1.807) is 24.3 Å². The van der Waals surface area contributed by atoms with Gasteiger partial charge in [0.15, 0.2) is 0 Å². The number of aromatic hydroxyl groups is 2. The zero-order valence-corrected chi connectivity index (χ0v) is 21.5. The van der Waals surface area contributed by atoms with Crippen LogP contribution in [0, 0.1) is 0 Å². The second-order valence-corrected chi connectivity index (χ2v) is 10.5. The maximum absolute atomic E-state index is 9.89. The van der Waals surface area contributed by atoms with Crippen molar-refractivity contribution in [1.82, 2.24) is 0 Å². The molecule has 0 amide bonds. The Hall–Kier alpha value is -5.28. The minimum Gasteiger partial charge on any atom is -0.508 e. The van der Waals surface area contributed by atoms with E-state index in [1.165, 1.54) is 22.3 Å². The third-order valence-corrected chi connectivity index (χ3v) is 8.34. The van der Waals surface area contributed by atoms with Crippen molar-refractivity contribution >= 4 is 0 Å². The van der Waals surface area contributed by atoms with E-state index in [2.05, 4.69) is 84.9 Å². The van der Waals surface area contributed by atoms with Gasteiger partial charge in [0.25, 0.3) is 0 Å². The van der Waals surface area contributed by atoms with Crippen molar-refractivity contribution in [3.05, 3.63) is 156 Å². The van der Waals surface area contributed by atoms with Crippen LogP contribution in [-0.4, -0.2) is 10.2 Å². The summed E-state index contributed by atoms with van der Waals surface area (Å²) in [6.45, 7) is 0. The van der Waals surface area contributed by atoms with E-state index in [0.717, 1.165) is 44.9 Å². The molecular weight excluding hydrogens is 492 g/mol. The van der Waals surface area contributed by atoms with E-state index >= 15 is 0 Å². The number of benzene rings is 6. The van der Waals surface area contributed by atoms with Crippen LogP contribution < -0.4 is 4.74 Å². The van der Waals surface area contributed by atoms with E-state index in [4.69, 9.17) is 4.74 Å². The van der Waals surface area contributed by atoms with Crippen molar-refractivity contribution in [2.75, 3.05) is 0 Å². The van der Waals surface area contributed by atoms with Gasteiger partial charge in [-0.3, -0.25) is 0 Å². The van der Waals surface area contributed by atoms with Gasteiger partial charge in [0.05, 0.1) is 5.41 Å². The van der Waals surface area contributed by atoms with Crippen molar-refractivity contribution in [3.63, 3.8) is 0 Å². The van der Waals surface area contributed by atoms with Crippen LogP contribution in [0.2, 0.25) is 0 Å². The maximum Gasteiger partial charge on any atom is 0.132 e. The summed E-state index contributed by atoms with van der Waals surface area (Å²) < 4.78 is 6.63. The Kier molecular flexibility index (Phi) is 4.74. The quantitative estimate of drug-likeness (QED) is 0.241. The van der Waals surface area contributed by atoms with Crippen LogP contribution in [0.3, 0.4) is 0 Å². The van der Waals surface area contributed by atoms with Crippen molar-refractivity contribution in [3.8, 4) is 56.4 Å². The minimum absolute atomic E-state index is 0.246. The number of ether oxygens (including phenoxy) is 1. The Labute approximate surface area is 232 Å². The van der Waals surface area contributed by atoms with E-state index in [1.807, 2.05) is 24.3 Å². The van der Waals surface area contributed by atoms with Gasteiger partial charge >= 0.3 is 0 Å². The highest BCUT2D eigenvalue weighted by atomic mass is 16.5. The summed E-state index contributed by atoms with van der Waals surface area (Å²) in [5, 5.41) is 19.8. The summed E-state index contributed by atoms with van der Waals surface area (Å²) in [6, 6.07) is 44.8. The van der Waals surface area contributed by atoms with Gasteiger partial charge in [-0.1, -0.05) is 84.9 Å². The lowest BCUT2D eigenvalue weighted by Gasteiger charge is -2.40. The van der Waals surface area contributed by atoms with Gasteiger partial charge in [-0.15, -0.1) is 0 Å². The lowest BCUT2D eigenvalue weighted by molar-refractivity contribution is 0.436. The number of hydrogen-bond donors (Lipinski definition) is 2. The summed E-state index contributed by atoms with van der Waals surface area (Å²) >= 11 is 0. The van der Waals surface area contributed by atoms with Crippen LogP contribution in [0.4, 0.5) is 0 Å². The molecule has 1 spiro atoms. The van der Waals surface area contributed by atoms with E-state index in [9.17, 15) is 10.2 Å². The molecule has 0 atom stereocenters. The number of hydrogen-bond acceptors (Lipinski definition) is 3. The molecule has 0 bridgehead atoms. The molecule has 0 radical (unpaired) electrons. The standard InChI is InChI=1S/C37H24O3/c38-27-15-9-23(10-16-27)25-13-19-35-33(21-25)37(31-7-3-1-5-29(31)30-6-2-4-8-32(30)37)34-22-26(14-20-36(34)40-35)24-11-17-28(39)18-12-24/h1-22,38-39H. The zero-order chi connectivity index (χ0) is 26.8. The largest absolute Gasteiger partial charge is 0.508 e. The van der Waals surface area contributed by atoms with Gasteiger partial charge in [0.2, 0.25) is 0 Å². The molecule has 0 fully saturated rings. The molecule has 6 aromatic rings. The molecule has 0 aromatic heterocycles. The smallest absolute Gasteiger partial charge is 0.132 e. The average molecular weight is 517 g/mol. The fourth-order valence-corrected chi connectivity index (χ4v) is 6.57. The monoisotopic (exact) mass is 516 g/mol. The van der Waals surface area contributed by atoms with Crippen LogP contribution in [-0.2, 0) is 5.41 Å². The molecule has 3 nitrogen and oxygen atoms in total. The zero-order valence-electron chi connectivity index (χ0n) is 21.5. The third kappa shape index (κ3) is 3.12. The van der Waals surface area contributed by atoms with Crippen molar-refractivity contribution in [2.45, 2.75) is 5.41 Å². The number of fused-ring (bicyclic) bond motifs is 9. The number of rotatable bonds is 2. The Morgan fingerprint density at radius 2 is 0.800 bits per heavy atom. The first-order valence-corrected chi connectivity index (χ1v) is 13.4. The fraction of sp³-hybridized carbons (Fsp3) is 0.0270. The highest BCUT2D eigenvalue weighted by molar-refractivity contribution is 5.90. The molecule has 0 saturated carbocycles. The summed E-state index contributed by atoms with van der Waals surface area (Å²) in [5.41, 5.74) is 10.7. The molecular formula is C37H24O3. The van der Waals surface area contributed by atoms with Crippen LogP contribution in [0.5, 0.6) is 23.0 Å². The highest BCUT2D eigenvalue weighted by Gasteiger charge is 2.51. The van der Waals surface area contributed by atoms with Gasteiger partial charge in [0, 0.05) is 11.1 Å². The van der Waals surface area contributed by atoms with E-state index in [-0.39, 0.29) is 11.5 Å². The molecule has 1 aliphatic carbocycles. The van der Waals surface area contributed by atoms with Crippen LogP contribution in [0.1, 0.15) is 22.3 Å². The number of phenolic OH excluding ortho intramolecular Hbond substituents is 2. The molecule has 0 saturated heterocycles. The van der Waals surface area contributed by atoms with Crippen LogP contribution >= 0.6 is 0 Å². The molecule has 2 N–H and O–H groups in total. The molecule has 6 aromatic carbocycles. The summed E-state index contributed by atoms with van der Waals surface area (Å²) in [7, 11) is 0. The molecule has 0 unspecified atom stereocenters. The summed E-state index contributed by atoms with van der Waals surface area (Å²) in [4.78, 5) is 0. The molecule has 1 aliphatic heterocycles. The Morgan fingerprint density at radius 1 is 0.400 bits per heavy atom. The molecule has 8 rings (SSSR count). The Bertz CT molecular complexity index is 1790. The van der Waals surface area contributed by atoms with Crippen LogP contribution in [0.25, 0.3) is 33.4 Å². The first-order chi connectivity index (χ1) is 19.6. The molecule has 1 heterocycles. The first-order valence-electron chi connectivity index (χ1n) is 13.4. The van der Waals surface area contributed by atoms with Crippen molar-refractivity contribution in [2.24, 2.45) is 0 Å². The first kappa shape index (κ1) is 22.7. The average Bonchev–Trinajstić information content (AvgIpc) is 3.29. The normalized spacial score (nSPS) is 13.6. The van der Waals surface area contributed by atoms with Gasteiger partial charge in [0.1, 0.15) is 23.0 Å². The lowest BCUT2D eigenvalue weighted by Crippen LogP contribution is -2.32. The fourth-order valence-electron chi connectivity index (χ4n) is 6.57. The maximum atomic E-state index is 9.89. The van der Waals surface area contributed by atoms with Gasteiger partial charge in [-0.2, -0.15) is 0 Å². The van der Waals surface area contributed by atoms with Crippen molar-refractivity contribution in [1.29, 1.82) is 0 Å². The van der Waals surface area contributed by atoms with Gasteiger partial charge in [-0.05, 0) is 93.0 Å². The van der Waals surface area contributed by atoms with Gasteiger partial charge < -0.3 is 14.9 Å². The number of phenols is 2. The second kappa shape index (κ2) is 8.36. The molecule has 40 heavy (non-hydrogen) atoms. The van der Waals surface area contributed by atoms with E-state index < -0.39 is 5.41 Å². The molecule has 2 aliphatic rings. The minimum atomic E-state index is -0.587. The highest BCUT2D eigenvalue weighted by Crippen LogP contribution is 2.62. The van der Waals surface area contributed by atoms with Gasteiger partial charge in [-0.25, -0.2) is 0 Å². The molecule has 3 heteroatoms. The SMILES string of the molecule is Oc1ccc(-c2ccc3c(c2)C2(c4cc(-c5ccc(O)cc5)ccc4O3)c3ccccc3-c3ccccc32)cc1. The molecule has 190 valence electrons. The topological polar surface area (TPSA) is 49.7 Å². The predicted octanol–water partition coefficient (Wildman–Crippen LogP) is 8.90. The third-order valence-electron chi connectivity index (χ3n) is 8.34. The Balaban J connectivity index is 1.47.